The highest BCUT2D eigenvalue weighted by atomic mass is 16.3. The Labute approximate surface area is 216 Å². The molecule has 1 amide bonds. The summed E-state index contributed by atoms with van der Waals surface area (Å²) in [6, 6.07) is 21.8. The van der Waals surface area contributed by atoms with E-state index < -0.39 is 0 Å². The molecule has 1 saturated heterocycles. The number of rotatable bonds is 6. The zero-order chi connectivity index (χ0) is 25.8. The van der Waals surface area contributed by atoms with Gasteiger partial charge in [0.15, 0.2) is 5.78 Å². The number of nitrogens with one attached hydrogen (secondary N) is 1. The van der Waals surface area contributed by atoms with Crippen LogP contribution in [-0.2, 0) is 6.42 Å². The maximum Gasteiger partial charge on any atom is 0.255 e. The van der Waals surface area contributed by atoms with Crippen LogP contribution in [0.5, 0.6) is 5.75 Å². The van der Waals surface area contributed by atoms with Crippen molar-refractivity contribution in [3.8, 4) is 5.75 Å². The molecule has 4 aromatic rings. The van der Waals surface area contributed by atoms with E-state index in [1.807, 2.05) is 42.5 Å². The van der Waals surface area contributed by atoms with Gasteiger partial charge in [-0.15, -0.1) is 0 Å². The number of anilines is 2. The number of likely N-dealkylation sites (N-methyl/N-ethyl adjacent to an activating group) is 1. The number of hydrogen-bond donors (Lipinski definition) is 2. The van der Waals surface area contributed by atoms with Crippen molar-refractivity contribution >= 4 is 34.0 Å². The summed E-state index contributed by atoms with van der Waals surface area (Å²) < 4.78 is 0. The summed E-state index contributed by atoms with van der Waals surface area (Å²) in [6.07, 6.45) is 2.69. The number of para-hydroxylation sites is 2. The number of phenols is 1. The van der Waals surface area contributed by atoms with Gasteiger partial charge in [-0.2, -0.15) is 0 Å². The van der Waals surface area contributed by atoms with Gasteiger partial charge in [0.2, 0.25) is 0 Å². The summed E-state index contributed by atoms with van der Waals surface area (Å²) in [7, 11) is 2.14. The first-order chi connectivity index (χ1) is 18.0. The van der Waals surface area contributed by atoms with Crippen molar-refractivity contribution in [2.24, 2.45) is 0 Å². The maximum atomic E-state index is 13.1. The van der Waals surface area contributed by atoms with Crippen LogP contribution in [0.3, 0.4) is 0 Å². The fraction of sp³-hybridized carbons (Fsp3) is 0.233. The number of carbonyl (C=O) groups is 2. The molecule has 7 nitrogen and oxygen atoms in total. The van der Waals surface area contributed by atoms with E-state index in [-0.39, 0.29) is 29.5 Å². The summed E-state index contributed by atoms with van der Waals surface area (Å²) in [5.41, 5.74) is 3.65. The predicted octanol–water partition coefficient (Wildman–Crippen LogP) is 4.76. The molecule has 0 spiro atoms. The SMILES string of the molecule is CN1CCCN(c2ccc(C(=O)Nc3c(O)cccc3CC(=O)c3cnc4ccccc4c3)cc2)CC1. The van der Waals surface area contributed by atoms with E-state index >= 15 is 0 Å². The van der Waals surface area contributed by atoms with E-state index in [1.165, 1.54) is 6.07 Å². The van der Waals surface area contributed by atoms with Gasteiger partial charge in [0.1, 0.15) is 5.75 Å². The fourth-order valence-electron chi connectivity index (χ4n) is 4.69. The molecule has 188 valence electrons. The average molecular weight is 495 g/mol. The summed E-state index contributed by atoms with van der Waals surface area (Å²) in [5, 5.41) is 14.2. The molecule has 2 heterocycles. The van der Waals surface area contributed by atoms with E-state index in [0.717, 1.165) is 49.2 Å². The first-order valence-electron chi connectivity index (χ1n) is 12.5. The van der Waals surface area contributed by atoms with Gasteiger partial charge < -0.3 is 20.2 Å². The molecule has 0 radical (unpaired) electrons. The number of benzene rings is 3. The normalized spacial score (nSPS) is 14.4. The van der Waals surface area contributed by atoms with Crippen molar-refractivity contribution < 1.29 is 14.7 Å². The second-order valence-corrected chi connectivity index (χ2v) is 9.47. The third-order valence-corrected chi connectivity index (χ3v) is 6.84. The molecule has 7 heteroatoms. The van der Waals surface area contributed by atoms with Gasteiger partial charge >= 0.3 is 0 Å². The van der Waals surface area contributed by atoms with Crippen LogP contribution < -0.4 is 10.2 Å². The molecule has 1 aliphatic rings. The molecular formula is C30H30N4O3. The Hall–Kier alpha value is -4.23. The van der Waals surface area contributed by atoms with Gasteiger partial charge in [-0.25, -0.2) is 0 Å². The number of nitrogens with zero attached hydrogens (tertiary/aromatic N) is 3. The van der Waals surface area contributed by atoms with Crippen LogP contribution in [0.4, 0.5) is 11.4 Å². The number of aromatic nitrogens is 1. The smallest absolute Gasteiger partial charge is 0.255 e. The van der Waals surface area contributed by atoms with Crippen LogP contribution in [0.1, 0.15) is 32.7 Å². The fourth-order valence-corrected chi connectivity index (χ4v) is 4.69. The number of Topliss-reactive ketones (excluding diaryl/α,β-unsaturated/α-hetero) is 1. The van der Waals surface area contributed by atoms with Crippen molar-refractivity contribution in [3.63, 3.8) is 0 Å². The number of hydrogen-bond acceptors (Lipinski definition) is 6. The summed E-state index contributed by atoms with van der Waals surface area (Å²) in [5.74, 6) is -0.572. The largest absolute Gasteiger partial charge is 0.506 e. The molecule has 0 bridgehead atoms. The van der Waals surface area contributed by atoms with E-state index in [9.17, 15) is 14.7 Å². The molecule has 0 unspecified atom stereocenters. The minimum Gasteiger partial charge on any atom is -0.506 e. The number of carbonyl (C=O) groups excluding carboxylic acids is 2. The van der Waals surface area contributed by atoms with Crippen LogP contribution in [0.25, 0.3) is 10.9 Å². The molecule has 0 atom stereocenters. The molecule has 1 aliphatic heterocycles. The Bertz CT molecular complexity index is 1430. The van der Waals surface area contributed by atoms with Crippen LogP contribution >= 0.6 is 0 Å². The first-order valence-corrected chi connectivity index (χ1v) is 12.5. The minimum absolute atomic E-state index is 0.0202. The third-order valence-electron chi connectivity index (χ3n) is 6.84. The second-order valence-electron chi connectivity index (χ2n) is 9.47. The topological polar surface area (TPSA) is 85.8 Å². The van der Waals surface area contributed by atoms with Gasteiger partial charge in [0, 0.05) is 54.5 Å². The van der Waals surface area contributed by atoms with Gasteiger partial charge in [-0.1, -0.05) is 30.3 Å². The van der Waals surface area contributed by atoms with Crippen LogP contribution in [0, 0.1) is 0 Å². The van der Waals surface area contributed by atoms with Gasteiger partial charge in [0.25, 0.3) is 5.91 Å². The standard InChI is InChI=1S/C30H30N4O3/c1-33-14-5-15-34(17-16-33)25-12-10-21(11-13-25)30(37)32-29-23(7-4-9-27(29)35)19-28(36)24-18-22-6-2-3-8-26(22)31-20-24/h2-4,6-13,18,20,35H,5,14-17,19H2,1H3,(H,32,37). The number of aromatic hydroxyl groups is 1. The monoisotopic (exact) mass is 494 g/mol. The van der Waals surface area contributed by atoms with Crippen LogP contribution in [0.2, 0.25) is 0 Å². The lowest BCUT2D eigenvalue weighted by Crippen LogP contribution is -2.28. The Morgan fingerprint density at radius 1 is 0.919 bits per heavy atom. The number of fused-ring (bicyclic) bond motifs is 1. The van der Waals surface area contributed by atoms with E-state index in [4.69, 9.17) is 0 Å². The molecule has 0 aliphatic carbocycles. The van der Waals surface area contributed by atoms with Crippen molar-refractivity contribution in [2.75, 3.05) is 43.4 Å². The summed E-state index contributed by atoms with van der Waals surface area (Å²) in [6.45, 7) is 4.02. The lowest BCUT2D eigenvalue weighted by atomic mass is 10.0. The Kier molecular flexibility index (Phi) is 7.14. The molecule has 37 heavy (non-hydrogen) atoms. The zero-order valence-electron chi connectivity index (χ0n) is 20.9. The van der Waals surface area contributed by atoms with Gasteiger partial charge in [-0.3, -0.25) is 14.6 Å². The summed E-state index contributed by atoms with van der Waals surface area (Å²) in [4.78, 5) is 35.2. The third kappa shape index (κ3) is 5.62. The Morgan fingerprint density at radius 2 is 1.73 bits per heavy atom. The van der Waals surface area contributed by atoms with Crippen molar-refractivity contribution in [1.29, 1.82) is 0 Å². The molecule has 0 saturated carbocycles. The van der Waals surface area contributed by atoms with Crippen molar-refractivity contribution in [1.82, 2.24) is 9.88 Å². The first kappa shape index (κ1) is 24.5. The lowest BCUT2D eigenvalue weighted by Gasteiger charge is -2.23. The van der Waals surface area contributed by atoms with Crippen LogP contribution in [-0.4, -0.2) is 59.9 Å². The highest BCUT2D eigenvalue weighted by Crippen LogP contribution is 2.29. The highest BCUT2D eigenvalue weighted by molar-refractivity contribution is 6.07. The van der Waals surface area contributed by atoms with Gasteiger partial charge in [-0.05, 0) is 68.0 Å². The number of amides is 1. The van der Waals surface area contributed by atoms with Gasteiger partial charge in [0.05, 0.1) is 11.2 Å². The van der Waals surface area contributed by atoms with E-state index in [0.29, 0.717) is 16.7 Å². The number of phenolic OH excluding ortho intramolecular Hbond substituents is 1. The highest BCUT2D eigenvalue weighted by Gasteiger charge is 2.18. The Balaban J connectivity index is 1.31. The molecule has 1 aromatic heterocycles. The zero-order valence-corrected chi connectivity index (χ0v) is 20.9. The number of pyridine rings is 1. The molecule has 1 fully saturated rings. The second kappa shape index (κ2) is 10.8. The quantitative estimate of drug-likeness (QED) is 0.297. The predicted molar refractivity (Wildman–Crippen MR) is 147 cm³/mol. The molecule has 2 N–H and O–H groups in total. The number of ketones is 1. The summed E-state index contributed by atoms with van der Waals surface area (Å²) >= 11 is 0. The molecule has 3 aromatic carbocycles. The maximum absolute atomic E-state index is 13.1. The van der Waals surface area contributed by atoms with Crippen molar-refractivity contribution in [3.05, 3.63) is 95.7 Å². The minimum atomic E-state index is -0.343. The van der Waals surface area contributed by atoms with Crippen molar-refractivity contribution in [2.45, 2.75) is 12.8 Å². The van der Waals surface area contributed by atoms with E-state index in [1.54, 1.807) is 30.5 Å². The lowest BCUT2D eigenvalue weighted by molar-refractivity contribution is 0.0988. The molecule has 5 rings (SSSR count). The molecular weight excluding hydrogens is 464 g/mol. The Morgan fingerprint density at radius 3 is 2.57 bits per heavy atom. The average Bonchev–Trinajstić information content (AvgIpc) is 3.14. The van der Waals surface area contributed by atoms with E-state index in [2.05, 4.69) is 27.1 Å². The van der Waals surface area contributed by atoms with Crippen LogP contribution in [0.15, 0.2) is 79.0 Å².